The predicted molar refractivity (Wildman–Crippen MR) is 99.8 cm³/mol. The highest BCUT2D eigenvalue weighted by molar-refractivity contribution is 6.30. The van der Waals surface area contributed by atoms with Gasteiger partial charge in [-0.15, -0.1) is 10.2 Å². The van der Waals surface area contributed by atoms with Gasteiger partial charge in [-0.3, -0.25) is 0 Å². The predicted octanol–water partition coefficient (Wildman–Crippen LogP) is 2.22. The van der Waals surface area contributed by atoms with Crippen LogP contribution in [0.2, 0.25) is 5.02 Å². The normalized spacial score (nSPS) is 12.9. The minimum Gasteiger partial charge on any atom is -0.383 e. The van der Waals surface area contributed by atoms with Crippen molar-refractivity contribution in [2.45, 2.75) is 26.4 Å². The summed E-state index contributed by atoms with van der Waals surface area (Å²) in [6, 6.07) is 7.82. The van der Waals surface area contributed by atoms with E-state index in [0.29, 0.717) is 30.7 Å². The monoisotopic (exact) mass is 364 g/mol. The molecule has 0 aliphatic carbocycles. The average Bonchev–Trinajstić information content (AvgIpc) is 2.91. The minimum atomic E-state index is 0.0497. The molecule has 0 saturated heterocycles. The van der Waals surface area contributed by atoms with E-state index >= 15 is 0 Å². The van der Waals surface area contributed by atoms with Crippen molar-refractivity contribution in [1.29, 1.82) is 0 Å². The molecule has 0 radical (unpaired) electrons. The minimum absolute atomic E-state index is 0.0497. The molecule has 0 fully saturated rings. The van der Waals surface area contributed by atoms with E-state index in [2.05, 4.69) is 32.7 Å². The van der Waals surface area contributed by atoms with Crippen LogP contribution < -0.4 is 10.6 Å². The molecule has 7 nitrogen and oxygen atoms in total. The number of nitrogens with one attached hydrogen (secondary N) is 2. The Balaban J connectivity index is 2.08. The van der Waals surface area contributed by atoms with Crippen molar-refractivity contribution < 1.29 is 4.74 Å². The molecule has 0 aliphatic rings. The Morgan fingerprint density at radius 1 is 1.40 bits per heavy atom. The molecule has 2 aromatic rings. The molecule has 1 aromatic heterocycles. The quantitative estimate of drug-likeness (QED) is 0.447. The molecule has 0 saturated carbocycles. The average molecular weight is 365 g/mol. The fourth-order valence-corrected chi connectivity index (χ4v) is 2.43. The van der Waals surface area contributed by atoms with Crippen LogP contribution in [0.5, 0.6) is 0 Å². The van der Waals surface area contributed by atoms with Crippen LogP contribution in [0.15, 0.2) is 29.3 Å². The standard InChI is InChI=1S/C17H25ClN6O/c1-12(14-6-5-7-15(18)10-14)21-17(19-8-9-25-4)20-11-16-23-22-13(2)24(16)3/h5-7,10,12H,8-9,11H2,1-4H3,(H2,19,20,21). The van der Waals surface area contributed by atoms with E-state index in [1.165, 1.54) is 0 Å². The molecule has 0 bridgehead atoms. The number of hydrogen-bond donors (Lipinski definition) is 2. The van der Waals surface area contributed by atoms with Gasteiger partial charge in [0.1, 0.15) is 12.4 Å². The highest BCUT2D eigenvalue weighted by Gasteiger charge is 2.10. The third-order valence-electron chi connectivity index (χ3n) is 3.86. The van der Waals surface area contributed by atoms with Gasteiger partial charge in [0.25, 0.3) is 0 Å². The fraction of sp³-hybridized carbons (Fsp3) is 0.471. The van der Waals surface area contributed by atoms with Crippen molar-refractivity contribution in [1.82, 2.24) is 25.4 Å². The zero-order valence-electron chi connectivity index (χ0n) is 15.1. The van der Waals surface area contributed by atoms with E-state index in [-0.39, 0.29) is 6.04 Å². The largest absolute Gasteiger partial charge is 0.383 e. The Labute approximate surface area is 153 Å². The summed E-state index contributed by atoms with van der Waals surface area (Å²) in [6.07, 6.45) is 0. The molecule has 0 aliphatic heterocycles. The molecule has 8 heteroatoms. The zero-order chi connectivity index (χ0) is 18.2. The van der Waals surface area contributed by atoms with E-state index in [4.69, 9.17) is 16.3 Å². The van der Waals surface area contributed by atoms with Crippen LogP contribution >= 0.6 is 11.6 Å². The number of hydrogen-bond acceptors (Lipinski definition) is 4. The Morgan fingerprint density at radius 3 is 2.84 bits per heavy atom. The summed E-state index contributed by atoms with van der Waals surface area (Å²) in [5, 5.41) is 15.6. The second-order valence-electron chi connectivity index (χ2n) is 5.73. The van der Waals surface area contributed by atoms with Crippen LogP contribution in [-0.4, -0.2) is 41.0 Å². The Kier molecular flexibility index (Phi) is 7.21. The second-order valence-corrected chi connectivity index (χ2v) is 6.16. The number of nitrogens with zero attached hydrogens (tertiary/aromatic N) is 4. The summed E-state index contributed by atoms with van der Waals surface area (Å²) in [7, 11) is 3.60. The van der Waals surface area contributed by atoms with Crippen LogP contribution in [0.25, 0.3) is 0 Å². The number of aliphatic imine (C=N–C) groups is 1. The number of benzene rings is 1. The molecule has 0 amide bonds. The highest BCUT2D eigenvalue weighted by Crippen LogP contribution is 2.17. The van der Waals surface area contributed by atoms with Gasteiger partial charge in [-0.2, -0.15) is 0 Å². The lowest BCUT2D eigenvalue weighted by Crippen LogP contribution is -2.40. The lowest BCUT2D eigenvalue weighted by atomic mass is 10.1. The molecule has 1 unspecified atom stereocenters. The lowest BCUT2D eigenvalue weighted by molar-refractivity contribution is 0.203. The third-order valence-corrected chi connectivity index (χ3v) is 4.10. The number of methoxy groups -OCH3 is 1. The van der Waals surface area contributed by atoms with Crippen LogP contribution in [0.3, 0.4) is 0 Å². The van der Waals surface area contributed by atoms with Gasteiger partial charge < -0.3 is 19.9 Å². The van der Waals surface area contributed by atoms with Gasteiger partial charge in [-0.05, 0) is 31.5 Å². The van der Waals surface area contributed by atoms with Crippen LogP contribution in [-0.2, 0) is 18.3 Å². The van der Waals surface area contributed by atoms with Crippen LogP contribution in [0.4, 0.5) is 0 Å². The molecular weight excluding hydrogens is 340 g/mol. The van der Waals surface area contributed by atoms with Crippen LogP contribution in [0, 0.1) is 6.92 Å². The van der Waals surface area contributed by atoms with E-state index in [0.717, 1.165) is 17.2 Å². The SMILES string of the molecule is COCCNC(=NCc1nnc(C)n1C)NC(C)c1cccc(Cl)c1. The van der Waals surface area contributed by atoms with E-state index in [9.17, 15) is 0 Å². The zero-order valence-corrected chi connectivity index (χ0v) is 15.8. The van der Waals surface area contributed by atoms with Gasteiger partial charge in [-0.25, -0.2) is 4.99 Å². The smallest absolute Gasteiger partial charge is 0.192 e. The summed E-state index contributed by atoms with van der Waals surface area (Å²) in [5.74, 6) is 2.35. The Morgan fingerprint density at radius 2 is 2.20 bits per heavy atom. The number of halogens is 1. The maximum Gasteiger partial charge on any atom is 0.192 e. The van der Waals surface area contributed by atoms with E-state index < -0.39 is 0 Å². The Bertz CT molecular complexity index is 715. The molecule has 1 aromatic carbocycles. The van der Waals surface area contributed by atoms with Gasteiger partial charge >= 0.3 is 0 Å². The first-order valence-corrected chi connectivity index (χ1v) is 8.53. The maximum atomic E-state index is 6.08. The second kappa shape index (κ2) is 9.39. The van der Waals surface area contributed by atoms with Gasteiger partial charge in [0.15, 0.2) is 11.8 Å². The fourth-order valence-electron chi connectivity index (χ4n) is 2.23. The number of aryl methyl sites for hydroxylation is 1. The first-order chi connectivity index (χ1) is 12.0. The molecule has 1 heterocycles. The molecule has 0 spiro atoms. The van der Waals surface area contributed by atoms with Gasteiger partial charge in [0.2, 0.25) is 0 Å². The summed E-state index contributed by atoms with van der Waals surface area (Å²) >= 11 is 6.08. The lowest BCUT2D eigenvalue weighted by Gasteiger charge is -2.19. The Hall–Kier alpha value is -2.12. The summed E-state index contributed by atoms with van der Waals surface area (Å²) < 4.78 is 7.02. The first kappa shape index (κ1) is 19.2. The number of ether oxygens (including phenoxy) is 1. The van der Waals surface area contributed by atoms with Crippen LogP contribution in [0.1, 0.15) is 30.2 Å². The molecule has 2 N–H and O–H groups in total. The van der Waals surface area contributed by atoms with Crippen molar-refractivity contribution in [2.24, 2.45) is 12.0 Å². The van der Waals surface area contributed by atoms with Crippen molar-refractivity contribution >= 4 is 17.6 Å². The van der Waals surface area contributed by atoms with Gasteiger partial charge in [-0.1, -0.05) is 23.7 Å². The van der Waals surface area contributed by atoms with Gasteiger partial charge in [0.05, 0.1) is 12.6 Å². The first-order valence-electron chi connectivity index (χ1n) is 8.15. The number of aromatic nitrogens is 3. The molecule has 1 atom stereocenters. The third kappa shape index (κ3) is 5.72. The number of rotatable bonds is 7. The van der Waals surface area contributed by atoms with E-state index in [1.54, 1.807) is 7.11 Å². The van der Waals surface area contributed by atoms with Crippen molar-refractivity contribution in [3.8, 4) is 0 Å². The van der Waals surface area contributed by atoms with E-state index in [1.807, 2.05) is 42.8 Å². The van der Waals surface area contributed by atoms with Crippen molar-refractivity contribution in [3.63, 3.8) is 0 Å². The summed E-state index contributed by atoms with van der Waals surface area (Å²) in [6.45, 7) is 5.66. The molecule has 25 heavy (non-hydrogen) atoms. The summed E-state index contributed by atoms with van der Waals surface area (Å²) in [4.78, 5) is 4.61. The maximum absolute atomic E-state index is 6.08. The van der Waals surface area contributed by atoms with Crippen molar-refractivity contribution in [2.75, 3.05) is 20.3 Å². The van der Waals surface area contributed by atoms with Gasteiger partial charge in [0, 0.05) is 25.7 Å². The van der Waals surface area contributed by atoms with Crippen molar-refractivity contribution in [3.05, 3.63) is 46.5 Å². The molecule has 2 rings (SSSR count). The topological polar surface area (TPSA) is 76.4 Å². The highest BCUT2D eigenvalue weighted by atomic mass is 35.5. The summed E-state index contributed by atoms with van der Waals surface area (Å²) in [5.41, 5.74) is 1.09. The molecule has 136 valence electrons. The molecular formula is C17H25ClN6O. The number of guanidine groups is 1.